The van der Waals surface area contributed by atoms with Gasteiger partial charge in [0.25, 0.3) is 0 Å². The molecule has 1 aromatic heterocycles. The van der Waals surface area contributed by atoms with Crippen molar-refractivity contribution in [3.05, 3.63) is 18.0 Å². The molecule has 4 nitrogen and oxygen atoms in total. The highest BCUT2D eigenvalue weighted by molar-refractivity contribution is 4.95. The fourth-order valence-electron chi connectivity index (χ4n) is 2.14. The second-order valence-corrected chi connectivity index (χ2v) is 5.46. The summed E-state index contributed by atoms with van der Waals surface area (Å²) in [5.74, 6) is 0. The molecule has 2 rings (SSSR count). The third-order valence-corrected chi connectivity index (χ3v) is 3.37. The van der Waals surface area contributed by atoms with Gasteiger partial charge in [-0.1, -0.05) is 0 Å². The zero-order valence-corrected chi connectivity index (χ0v) is 10.8. The maximum Gasteiger partial charge on any atom is 0.0610 e. The molecule has 17 heavy (non-hydrogen) atoms. The average Bonchev–Trinajstić information content (AvgIpc) is 3.00. The van der Waals surface area contributed by atoms with Crippen LogP contribution in [-0.4, -0.2) is 33.1 Å². The van der Waals surface area contributed by atoms with Gasteiger partial charge in [0.2, 0.25) is 0 Å². The molecule has 0 amide bonds. The van der Waals surface area contributed by atoms with E-state index in [-0.39, 0.29) is 12.1 Å². The lowest BCUT2D eigenvalue weighted by Crippen LogP contribution is -2.47. The highest BCUT2D eigenvalue weighted by Crippen LogP contribution is 2.24. The zero-order chi connectivity index (χ0) is 12.3. The Kier molecular flexibility index (Phi) is 3.84. The molecule has 1 aliphatic carbocycles. The van der Waals surface area contributed by atoms with Crippen molar-refractivity contribution in [1.82, 2.24) is 15.1 Å². The van der Waals surface area contributed by atoms with Gasteiger partial charge in [-0.05, 0) is 45.6 Å². The summed E-state index contributed by atoms with van der Waals surface area (Å²) in [6, 6.07) is 2.66. The third-order valence-electron chi connectivity index (χ3n) is 3.37. The Hall–Kier alpha value is -0.870. The summed E-state index contributed by atoms with van der Waals surface area (Å²) in [6.07, 6.45) is 6.55. The van der Waals surface area contributed by atoms with Crippen molar-refractivity contribution in [3.63, 3.8) is 0 Å². The van der Waals surface area contributed by atoms with E-state index in [4.69, 9.17) is 0 Å². The number of aryl methyl sites for hydroxylation is 2. The standard InChI is InChI=1S/C13H23N3O/c1-11-6-9-16(15-11)8-3-7-13(2,10-17)14-12-4-5-12/h6,9,12,14,17H,3-5,7-8,10H2,1-2H3. The topological polar surface area (TPSA) is 50.1 Å². The van der Waals surface area contributed by atoms with E-state index in [1.165, 1.54) is 12.8 Å². The molecular formula is C13H23N3O. The lowest BCUT2D eigenvalue weighted by Gasteiger charge is -2.29. The Morgan fingerprint density at radius 3 is 2.88 bits per heavy atom. The Bertz CT molecular complexity index is 359. The first-order chi connectivity index (χ1) is 8.11. The Morgan fingerprint density at radius 1 is 1.59 bits per heavy atom. The summed E-state index contributed by atoms with van der Waals surface area (Å²) in [7, 11) is 0. The van der Waals surface area contributed by atoms with Gasteiger partial charge >= 0.3 is 0 Å². The van der Waals surface area contributed by atoms with Gasteiger partial charge in [-0.3, -0.25) is 4.68 Å². The van der Waals surface area contributed by atoms with Crippen LogP contribution in [0.25, 0.3) is 0 Å². The van der Waals surface area contributed by atoms with Gasteiger partial charge in [0.15, 0.2) is 0 Å². The average molecular weight is 237 g/mol. The molecule has 1 atom stereocenters. The molecule has 0 saturated heterocycles. The molecule has 96 valence electrons. The fraction of sp³-hybridized carbons (Fsp3) is 0.769. The summed E-state index contributed by atoms with van der Waals surface area (Å²) < 4.78 is 1.98. The molecule has 0 radical (unpaired) electrons. The Morgan fingerprint density at radius 2 is 2.35 bits per heavy atom. The van der Waals surface area contributed by atoms with Gasteiger partial charge in [0, 0.05) is 24.3 Å². The van der Waals surface area contributed by atoms with E-state index in [9.17, 15) is 5.11 Å². The van der Waals surface area contributed by atoms with Gasteiger partial charge in [-0.2, -0.15) is 5.10 Å². The second-order valence-electron chi connectivity index (χ2n) is 5.46. The van der Waals surface area contributed by atoms with Crippen molar-refractivity contribution >= 4 is 0 Å². The van der Waals surface area contributed by atoms with Gasteiger partial charge in [-0.25, -0.2) is 0 Å². The van der Waals surface area contributed by atoms with Crippen molar-refractivity contribution < 1.29 is 5.11 Å². The van der Waals surface area contributed by atoms with Crippen LogP contribution in [0, 0.1) is 6.92 Å². The fourth-order valence-corrected chi connectivity index (χ4v) is 2.14. The zero-order valence-electron chi connectivity index (χ0n) is 10.8. The largest absolute Gasteiger partial charge is 0.394 e. The molecule has 2 N–H and O–H groups in total. The number of hydrogen-bond acceptors (Lipinski definition) is 3. The van der Waals surface area contributed by atoms with E-state index in [1.54, 1.807) is 0 Å². The SMILES string of the molecule is Cc1ccn(CCCC(C)(CO)NC2CC2)n1. The van der Waals surface area contributed by atoms with Crippen LogP contribution >= 0.6 is 0 Å². The highest BCUT2D eigenvalue weighted by Gasteiger charge is 2.31. The minimum atomic E-state index is -0.122. The van der Waals surface area contributed by atoms with Crippen molar-refractivity contribution in [1.29, 1.82) is 0 Å². The Labute approximate surface area is 103 Å². The molecule has 4 heteroatoms. The molecule has 1 fully saturated rings. The van der Waals surface area contributed by atoms with Gasteiger partial charge in [-0.15, -0.1) is 0 Å². The van der Waals surface area contributed by atoms with Crippen LogP contribution in [0.15, 0.2) is 12.3 Å². The number of hydrogen-bond donors (Lipinski definition) is 2. The molecule has 0 aliphatic heterocycles. The van der Waals surface area contributed by atoms with Crippen LogP contribution in [0.2, 0.25) is 0 Å². The van der Waals surface area contributed by atoms with E-state index in [0.717, 1.165) is 25.1 Å². The first kappa shape index (κ1) is 12.6. The quantitative estimate of drug-likeness (QED) is 0.755. The molecule has 1 aromatic rings. The second kappa shape index (κ2) is 5.19. The van der Waals surface area contributed by atoms with E-state index in [2.05, 4.69) is 17.3 Å². The van der Waals surface area contributed by atoms with Crippen LogP contribution in [0.4, 0.5) is 0 Å². The van der Waals surface area contributed by atoms with Crippen molar-refractivity contribution in [2.24, 2.45) is 0 Å². The minimum absolute atomic E-state index is 0.122. The molecule has 0 spiro atoms. The number of nitrogens with one attached hydrogen (secondary N) is 1. The van der Waals surface area contributed by atoms with Gasteiger partial charge < -0.3 is 10.4 Å². The number of aliphatic hydroxyl groups excluding tert-OH is 1. The van der Waals surface area contributed by atoms with Crippen molar-refractivity contribution in [2.45, 2.75) is 57.7 Å². The van der Waals surface area contributed by atoms with E-state index >= 15 is 0 Å². The first-order valence-corrected chi connectivity index (χ1v) is 6.50. The molecule has 1 unspecified atom stereocenters. The van der Waals surface area contributed by atoms with Crippen LogP contribution < -0.4 is 5.32 Å². The summed E-state index contributed by atoms with van der Waals surface area (Å²) in [5.41, 5.74) is 0.939. The normalized spacial score (nSPS) is 19.2. The smallest absolute Gasteiger partial charge is 0.0610 e. The number of aliphatic hydroxyl groups is 1. The predicted octanol–water partition coefficient (Wildman–Crippen LogP) is 1.47. The first-order valence-electron chi connectivity index (χ1n) is 6.50. The van der Waals surface area contributed by atoms with Crippen LogP contribution in [0.3, 0.4) is 0 Å². The van der Waals surface area contributed by atoms with E-state index < -0.39 is 0 Å². The molecule has 1 saturated carbocycles. The van der Waals surface area contributed by atoms with E-state index in [0.29, 0.717) is 6.04 Å². The van der Waals surface area contributed by atoms with Crippen molar-refractivity contribution in [3.8, 4) is 0 Å². The number of rotatable bonds is 7. The van der Waals surface area contributed by atoms with Crippen LogP contribution in [0.1, 0.15) is 38.3 Å². The monoisotopic (exact) mass is 237 g/mol. The molecule has 1 aliphatic rings. The minimum Gasteiger partial charge on any atom is -0.394 e. The lowest BCUT2D eigenvalue weighted by molar-refractivity contribution is 0.160. The summed E-state index contributed by atoms with van der Waals surface area (Å²) in [5, 5.41) is 17.4. The maximum absolute atomic E-state index is 9.48. The Balaban J connectivity index is 1.75. The van der Waals surface area contributed by atoms with Gasteiger partial charge in [0.05, 0.1) is 12.3 Å². The molecular weight excluding hydrogens is 214 g/mol. The number of nitrogens with zero attached hydrogens (tertiary/aromatic N) is 2. The van der Waals surface area contributed by atoms with E-state index in [1.807, 2.05) is 23.9 Å². The molecule has 0 aromatic carbocycles. The summed E-state index contributed by atoms with van der Waals surface area (Å²) in [6.45, 7) is 5.25. The number of aromatic nitrogens is 2. The highest BCUT2D eigenvalue weighted by atomic mass is 16.3. The lowest BCUT2D eigenvalue weighted by atomic mass is 9.96. The van der Waals surface area contributed by atoms with Crippen LogP contribution in [0.5, 0.6) is 0 Å². The van der Waals surface area contributed by atoms with Crippen LogP contribution in [-0.2, 0) is 6.54 Å². The summed E-state index contributed by atoms with van der Waals surface area (Å²) >= 11 is 0. The predicted molar refractivity (Wildman–Crippen MR) is 67.8 cm³/mol. The van der Waals surface area contributed by atoms with Gasteiger partial charge in [0.1, 0.15) is 0 Å². The molecule has 1 heterocycles. The maximum atomic E-state index is 9.48. The summed E-state index contributed by atoms with van der Waals surface area (Å²) in [4.78, 5) is 0. The molecule has 0 bridgehead atoms. The van der Waals surface area contributed by atoms with Crippen molar-refractivity contribution in [2.75, 3.05) is 6.61 Å². The third kappa shape index (κ3) is 3.82.